The minimum absolute atomic E-state index is 0.0529. The molecule has 0 spiro atoms. The first-order valence-electron chi connectivity index (χ1n) is 4.84. The Hall–Kier alpha value is -1.35. The second kappa shape index (κ2) is 5.40. The van der Waals surface area contributed by atoms with Crippen LogP contribution in [0.15, 0.2) is 30.3 Å². The van der Waals surface area contributed by atoms with E-state index in [1.54, 1.807) is 12.1 Å². The van der Waals surface area contributed by atoms with Gasteiger partial charge >= 0.3 is 0 Å². The Balaban J connectivity index is 2.59. The molecule has 0 fully saturated rings. The van der Waals surface area contributed by atoms with Crippen molar-refractivity contribution in [1.29, 1.82) is 0 Å². The molecule has 0 heterocycles. The Morgan fingerprint density at radius 1 is 1.43 bits per heavy atom. The molecule has 0 aliphatic heterocycles. The van der Waals surface area contributed by atoms with Crippen molar-refractivity contribution in [3.05, 3.63) is 35.9 Å². The van der Waals surface area contributed by atoms with Crippen molar-refractivity contribution in [1.82, 2.24) is 5.32 Å². The number of carbonyl (C=O) groups is 1. The van der Waals surface area contributed by atoms with Gasteiger partial charge in [-0.15, -0.1) is 0 Å². The Morgan fingerprint density at radius 2 is 2.07 bits per heavy atom. The van der Waals surface area contributed by atoms with Gasteiger partial charge in [0.1, 0.15) is 0 Å². The third kappa shape index (κ3) is 2.85. The minimum atomic E-state index is -0.0529. The zero-order chi connectivity index (χ0) is 10.4. The van der Waals surface area contributed by atoms with Crippen LogP contribution in [0.25, 0.3) is 0 Å². The maximum absolute atomic E-state index is 11.6. The van der Waals surface area contributed by atoms with Crippen LogP contribution in [0.4, 0.5) is 0 Å². The summed E-state index contributed by atoms with van der Waals surface area (Å²) < 4.78 is 0. The van der Waals surface area contributed by atoms with Crippen LogP contribution in [0, 0.1) is 0 Å². The number of amides is 1. The lowest BCUT2D eigenvalue weighted by molar-refractivity contribution is 0.0937. The molecule has 14 heavy (non-hydrogen) atoms. The normalized spacial score (nSPS) is 12.1. The predicted molar refractivity (Wildman–Crippen MR) is 57.0 cm³/mol. The van der Waals surface area contributed by atoms with Crippen molar-refractivity contribution in [3.63, 3.8) is 0 Å². The van der Waals surface area contributed by atoms with Crippen LogP contribution < -0.4 is 11.1 Å². The average Bonchev–Trinajstić information content (AvgIpc) is 2.26. The van der Waals surface area contributed by atoms with Crippen LogP contribution >= 0.6 is 0 Å². The lowest BCUT2D eigenvalue weighted by Gasteiger charge is -2.14. The summed E-state index contributed by atoms with van der Waals surface area (Å²) in [6.07, 6.45) is 0.856. The Morgan fingerprint density at radius 3 is 2.57 bits per heavy atom. The van der Waals surface area contributed by atoms with Crippen LogP contribution in [-0.2, 0) is 0 Å². The first-order chi connectivity index (χ1) is 6.77. The summed E-state index contributed by atoms with van der Waals surface area (Å²) in [5.41, 5.74) is 6.17. The third-order valence-corrected chi connectivity index (χ3v) is 2.15. The molecule has 0 saturated carbocycles. The second-order valence-electron chi connectivity index (χ2n) is 3.18. The van der Waals surface area contributed by atoms with E-state index in [0.29, 0.717) is 12.1 Å². The third-order valence-electron chi connectivity index (χ3n) is 2.15. The predicted octanol–water partition coefficient (Wildman–Crippen LogP) is 1.15. The SMILES string of the molecule is CCC(CN)NC(=O)c1ccccc1. The molecule has 1 aromatic rings. The molecular formula is C11H16N2O. The maximum atomic E-state index is 11.6. The van der Waals surface area contributed by atoms with Crippen molar-refractivity contribution in [2.75, 3.05) is 6.54 Å². The average molecular weight is 192 g/mol. The minimum Gasteiger partial charge on any atom is -0.348 e. The summed E-state index contributed by atoms with van der Waals surface area (Å²) in [7, 11) is 0. The van der Waals surface area contributed by atoms with Crippen LogP contribution in [0.1, 0.15) is 23.7 Å². The first-order valence-corrected chi connectivity index (χ1v) is 4.84. The fourth-order valence-corrected chi connectivity index (χ4v) is 1.19. The van der Waals surface area contributed by atoms with Gasteiger partial charge < -0.3 is 11.1 Å². The van der Waals surface area contributed by atoms with Crippen molar-refractivity contribution in [3.8, 4) is 0 Å². The molecule has 0 aromatic heterocycles. The van der Waals surface area contributed by atoms with E-state index in [-0.39, 0.29) is 11.9 Å². The second-order valence-corrected chi connectivity index (χ2v) is 3.18. The Bertz CT molecular complexity index is 281. The topological polar surface area (TPSA) is 55.1 Å². The number of rotatable bonds is 4. The molecule has 1 atom stereocenters. The van der Waals surface area contributed by atoms with Gasteiger partial charge in [-0.3, -0.25) is 4.79 Å². The monoisotopic (exact) mass is 192 g/mol. The summed E-state index contributed by atoms with van der Waals surface area (Å²) in [6, 6.07) is 9.23. The van der Waals surface area contributed by atoms with Gasteiger partial charge in [0.2, 0.25) is 0 Å². The largest absolute Gasteiger partial charge is 0.348 e. The first kappa shape index (κ1) is 10.7. The van der Waals surface area contributed by atoms with Crippen molar-refractivity contribution in [2.45, 2.75) is 19.4 Å². The molecule has 0 aliphatic carbocycles. The lowest BCUT2D eigenvalue weighted by atomic mass is 10.1. The van der Waals surface area contributed by atoms with Crippen LogP contribution in [-0.4, -0.2) is 18.5 Å². The smallest absolute Gasteiger partial charge is 0.251 e. The van der Waals surface area contributed by atoms with Gasteiger partial charge in [-0.2, -0.15) is 0 Å². The van der Waals surface area contributed by atoms with Gasteiger partial charge in [0, 0.05) is 18.2 Å². The number of hydrogen-bond donors (Lipinski definition) is 2. The highest BCUT2D eigenvalue weighted by Crippen LogP contribution is 1.99. The molecule has 3 heteroatoms. The maximum Gasteiger partial charge on any atom is 0.251 e. The van der Waals surface area contributed by atoms with E-state index in [4.69, 9.17) is 5.73 Å². The van der Waals surface area contributed by atoms with Crippen LogP contribution in [0.2, 0.25) is 0 Å². The molecule has 1 aromatic carbocycles. The van der Waals surface area contributed by atoms with E-state index in [1.807, 2.05) is 25.1 Å². The lowest BCUT2D eigenvalue weighted by Crippen LogP contribution is -2.39. The Labute approximate surface area is 84.3 Å². The molecule has 0 radical (unpaired) electrons. The fourth-order valence-electron chi connectivity index (χ4n) is 1.19. The summed E-state index contributed by atoms with van der Waals surface area (Å²) in [6.45, 7) is 2.48. The highest BCUT2D eigenvalue weighted by atomic mass is 16.1. The van der Waals surface area contributed by atoms with E-state index in [9.17, 15) is 4.79 Å². The molecule has 3 nitrogen and oxygen atoms in total. The standard InChI is InChI=1S/C11H16N2O/c1-2-10(8-12)13-11(14)9-6-4-3-5-7-9/h3-7,10H,2,8,12H2,1H3,(H,13,14). The van der Waals surface area contributed by atoms with Crippen molar-refractivity contribution >= 4 is 5.91 Å². The summed E-state index contributed by atoms with van der Waals surface area (Å²) in [5.74, 6) is -0.0529. The molecular weight excluding hydrogens is 176 g/mol. The molecule has 76 valence electrons. The molecule has 1 amide bonds. The van der Waals surface area contributed by atoms with Gasteiger partial charge in [0.25, 0.3) is 5.91 Å². The van der Waals surface area contributed by atoms with Crippen LogP contribution in [0.5, 0.6) is 0 Å². The Kier molecular flexibility index (Phi) is 4.13. The van der Waals surface area contributed by atoms with Gasteiger partial charge in [0.15, 0.2) is 0 Å². The van der Waals surface area contributed by atoms with Crippen molar-refractivity contribution in [2.24, 2.45) is 5.73 Å². The van der Waals surface area contributed by atoms with Gasteiger partial charge in [-0.1, -0.05) is 25.1 Å². The zero-order valence-corrected chi connectivity index (χ0v) is 8.36. The molecule has 0 saturated heterocycles. The highest BCUT2D eigenvalue weighted by molar-refractivity contribution is 5.94. The fraction of sp³-hybridized carbons (Fsp3) is 0.364. The number of hydrogen-bond acceptors (Lipinski definition) is 2. The van der Waals surface area contributed by atoms with Gasteiger partial charge in [-0.25, -0.2) is 0 Å². The van der Waals surface area contributed by atoms with E-state index in [1.165, 1.54) is 0 Å². The molecule has 1 rings (SSSR count). The van der Waals surface area contributed by atoms with Crippen molar-refractivity contribution < 1.29 is 4.79 Å². The molecule has 0 aliphatic rings. The number of benzene rings is 1. The van der Waals surface area contributed by atoms with Gasteiger partial charge in [0.05, 0.1) is 0 Å². The molecule has 0 bridgehead atoms. The quantitative estimate of drug-likeness (QED) is 0.752. The van der Waals surface area contributed by atoms with Gasteiger partial charge in [-0.05, 0) is 18.6 Å². The van der Waals surface area contributed by atoms with E-state index in [2.05, 4.69) is 5.32 Å². The van der Waals surface area contributed by atoms with E-state index >= 15 is 0 Å². The molecule has 1 unspecified atom stereocenters. The van der Waals surface area contributed by atoms with E-state index < -0.39 is 0 Å². The molecule has 3 N–H and O–H groups in total. The number of carbonyl (C=O) groups excluding carboxylic acids is 1. The highest BCUT2D eigenvalue weighted by Gasteiger charge is 2.09. The summed E-state index contributed by atoms with van der Waals surface area (Å²) in [4.78, 5) is 11.6. The van der Waals surface area contributed by atoms with Crippen LogP contribution in [0.3, 0.4) is 0 Å². The zero-order valence-electron chi connectivity index (χ0n) is 8.36. The number of nitrogens with one attached hydrogen (secondary N) is 1. The summed E-state index contributed by atoms with van der Waals surface area (Å²) in [5, 5.41) is 2.87. The summed E-state index contributed by atoms with van der Waals surface area (Å²) >= 11 is 0. The number of nitrogens with two attached hydrogens (primary N) is 1. The van der Waals surface area contributed by atoms with E-state index in [0.717, 1.165) is 6.42 Å².